The number of rotatable bonds is 5. The normalized spacial score (nSPS) is 25.6. The molecular weight excluding hydrogens is 261 g/mol. The van der Waals surface area contributed by atoms with Crippen LogP contribution >= 0.6 is 0 Å². The Morgan fingerprint density at radius 2 is 2.25 bits per heavy atom. The Labute approximate surface area is 116 Å². The number of halogens is 1. The van der Waals surface area contributed by atoms with Gasteiger partial charge in [0.05, 0.1) is 12.5 Å². The minimum Gasteiger partial charge on any atom is -0.490 e. The number of hydrogen-bond acceptors (Lipinski definition) is 3. The number of aliphatic carboxylic acids is 1. The molecule has 2 unspecified atom stereocenters. The van der Waals surface area contributed by atoms with Crippen molar-refractivity contribution in [1.29, 1.82) is 0 Å². The summed E-state index contributed by atoms with van der Waals surface area (Å²) in [6.07, 6.45) is 2.76. The minimum atomic E-state index is -0.808. The summed E-state index contributed by atoms with van der Waals surface area (Å²) < 4.78 is 19.6. The van der Waals surface area contributed by atoms with Crippen molar-refractivity contribution in [1.82, 2.24) is 5.32 Å². The molecule has 0 bridgehead atoms. The highest BCUT2D eigenvalue weighted by molar-refractivity contribution is 5.71. The minimum absolute atomic E-state index is 0.152. The van der Waals surface area contributed by atoms with E-state index in [0.717, 1.165) is 18.4 Å². The first-order valence-corrected chi connectivity index (χ1v) is 7.02. The van der Waals surface area contributed by atoms with Crippen molar-refractivity contribution in [2.75, 3.05) is 13.2 Å². The molecule has 1 aromatic rings. The molecule has 2 atom stereocenters. The molecule has 1 heterocycles. The highest BCUT2D eigenvalue weighted by Gasteiger charge is 2.32. The van der Waals surface area contributed by atoms with Crippen LogP contribution in [0.3, 0.4) is 0 Å². The molecule has 2 N–H and O–H groups in total. The Morgan fingerprint density at radius 1 is 1.45 bits per heavy atom. The second kappa shape index (κ2) is 5.40. The summed E-state index contributed by atoms with van der Waals surface area (Å²) in [6.45, 7) is 0.960. The van der Waals surface area contributed by atoms with E-state index in [9.17, 15) is 9.18 Å². The van der Waals surface area contributed by atoms with Crippen molar-refractivity contribution in [2.24, 2.45) is 11.8 Å². The van der Waals surface area contributed by atoms with E-state index in [-0.39, 0.29) is 17.6 Å². The highest BCUT2D eigenvalue weighted by Crippen LogP contribution is 2.36. The molecule has 5 heteroatoms. The van der Waals surface area contributed by atoms with E-state index < -0.39 is 11.9 Å². The fourth-order valence-electron chi connectivity index (χ4n) is 2.60. The van der Waals surface area contributed by atoms with Gasteiger partial charge in [-0.1, -0.05) is 12.1 Å². The van der Waals surface area contributed by atoms with Gasteiger partial charge in [0.2, 0.25) is 0 Å². The molecule has 20 heavy (non-hydrogen) atoms. The zero-order chi connectivity index (χ0) is 14.1. The fraction of sp³-hybridized carbons (Fsp3) is 0.533. The van der Waals surface area contributed by atoms with Crippen LogP contribution in [0.25, 0.3) is 0 Å². The van der Waals surface area contributed by atoms with Gasteiger partial charge in [0.15, 0.2) is 11.6 Å². The molecule has 4 nitrogen and oxygen atoms in total. The van der Waals surface area contributed by atoms with Gasteiger partial charge in [0.1, 0.15) is 0 Å². The van der Waals surface area contributed by atoms with Crippen LogP contribution in [0.4, 0.5) is 4.39 Å². The number of carbonyl (C=O) groups is 1. The van der Waals surface area contributed by atoms with Gasteiger partial charge in [-0.3, -0.25) is 4.79 Å². The number of nitrogens with one attached hydrogen (secondary N) is 1. The van der Waals surface area contributed by atoms with E-state index in [2.05, 4.69) is 5.32 Å². The lowest BCUT2D eigenvalue weighted by molar-refractivity contribution is -0.141. The lowest BCUT2D eigenvalue weighted by Crippen LogP contribution is -2.18. The van der Waals surface area contributed by atoms with Crippen LogP contribution < -0.4 is 10.1 Å². The second-order valence-electron chi connectivity index (χ2n) is 5.64. The van der Waals surface area contributed by atoms with Crippen LogP contribution in [0.2, 0.25) is 0 Å². The van der Waals surface area contributed by atoms with Gasteiger partial charge in [-0.25, -0.2) is 4.39 Å². The predicted molar refractivity (Wildman–Crippen MR) is 71.1 cm³/mol. The topological polar surface area (TPSA) is 58.6 Å². The van der Waals surface area contributed by atoms with E-state index in [0.29, 0.717) is 25.5 Å². The third-order valence-corrected chi connectivity index (χ3v) is 4.01. The Balaban J connectivity index is 1.77. The predicted octanol–water partition coefficient (Wildman–Crippen LogP) is 2.35. The van der Waals surface area contributed by atoms with Gasteiger partial charge in [0, 0.05) is 18.2 Å². The van der Waals surface area contributed by atoms with E-state index in [1.165, 1.54) is 6.07 Å². The summed E-state index contributed by atoms with van der Waals surface area (Å²) in [5, 5.41) is 12.2. The third-order valence-electron chi connectivity index (χ3n) is 4.01. The first-order chi connectivity index (χ1) is 9.65. The number of para-hydroxylation sites is 1. The van der Waals surface area contributed by atoms with Crippen LogP contribution in [0.15, 0.2) is 18.2 Å². The van der Waals surface area contributed by atoms with Gasteiger partial charge >= 0.3 is 5.97 Å². The first kappa shape index (κ1) is 13.4. The molecule has 0 aromatic heterocycles. The molecule has 2 fully saturated rings. The van der Waals surface area contributed by atoms with Crippen molar-refractivity contribution in [3.63, 3.8) is 0 Å². The van der Waals surface area contributed by atoms with Gasteiger partial charge < -0.3 is 15.2 Å². The quantitative estimate of drug-likeness (QED) is 0.868. The van der Waals surface area contributed by atoms with E-state index >= 15 is 0 Å². The molecule has 0 amide bonds. The van der Waals surface area contributed by atoms with Crippen LogP contribution in [-0.4, -0.2) is 24.2 Å². The zero-order valence-corrected chi connectivity index (χ0v) is 11.1. The number of carboxylic acid groups (broad SMARTS) is 1. The second-order valence-corrected chi connectivity index (χ2v) is 5.64. The van der Waals surface area contributed by atoms with Gasteiger partial charge in [0.25, 0.3) is 0 Å². The summed E-state index contributed by atoms with van der Waals surface area (Å²) in [5.41, 5.74) is 0.731. The van der Waals surface area contributed by atoms with Gasteiger partial charge in [-0.05, 0) is 31.2 Å². The molecule has 0 radical (unpaired) electrons. The number of hydrogen-bond donors (Lipinski definition) is 2. The van der Waals surface area contributed by atoms with Crippen molar-refractivity contribution in [3.05, 3.63) is 29.6 Å². The molecular formula is C15H18FNO3. The lowest BCUT2D eigenvalue weighted by atomic mass is 9.99. The largest absolute Gasteiger partial charge is 0.490 e. The maximum absolute atomic E-state index is 14.0. The standard InChI is InChI=1S/C15H18FNO3/c16-12-3-1-2-11(14(12)20-8-9-4-5-9)13-6-10(7-17-13)15(18)19/h1-3,9-10,13,17H,4-8H2,(H,18,19). The van der Waals surface area contributed by atoms with Crippen molar-refractivity contribution in [2.45, 2.75) is 25.3 Å². The number of ether oxygens (including phenoxy) is 1. The Kier molecular flexibility index (Phi) is 3.61. The zero-order valence-electron chi connectivity index (χ0n) is 11.1. The molecule has 1 saturated carbocycles. The summed E-state index contributed by atoms with van der Waals surface area (Å²) >= 11 is 0. The first-order valence-electron chi connectivity index (χ1n) is 7.02. The van der Waals surface area contributed by atoms with Crippen molar-refractivity contribution >= 4 is 5.97 Å². The average molecular weight is 279 g/mol. The molecule has 1 aliphatic heterocycles. The van der Waals surface area contributed by atoms with E-state index in [4.69, 9.17) is 9.84 Å². The number of carboxylic acids is 1. The number of benzene rings is 1. The summed E-state index contributed by atoms with van der Waals surface area (Å²) in [5.74, 6) is -0.770. The Morgan fingerprint density at radius 3 is 2.90 bits per heavy atom. The Bertz CT molecular complexity index is 516. The molecule has 1 aliphatic carbocycles. The maximum Gasteiger partial charge on any atom is 0.307 e. The molecule has 108 valence electrons. The summed E-state index contributed by atoms with van der Waals surface area (Å²) in [7, 11) is 0. The lowest BCUT2D eigenvalue weighted by Gasteiger charge is -2.17. The molecule has 1 aromatic carbocycles. The maximum atomic E-state index is 14.0. The molecule has 0 spiro atoms. The average Bonchev–Trinajstić information content (AvgIpc) is 3.11. The highest BCUT2D eigenvalue weighted by atomic mass is 19.1. The van der Waals surface area contributed by atoms with Gasteiger partial charge in [-0.2, -0.15) is 0 Å². The SMILES string of the molecule is O=C(O)C1CNC(c2cccc(F)c2OCC2CC2)C1. The molecule has 1 saturated heterocycles. The third kappa shape index (κ3) is 2.77. The van der Waals surface area contributed by atoms with Crippen molar-refractivity contribution in [3.8, 4) is 5.75 Å². The monoisotopic (exact) mass is 279 g/mol. The van der Waals surface area contributed by atoms with Crippen LogP contribution in [0.5, 0.6) is 5.75 Å². The van der Waals surface area contributed by atoms with Crippen LogP contribution in [-0.2, 0) is 4.79 Å². The summed E-state index contributed by atoms with van der Waals surface area (Å²) in [6, 6.07) is 4.69. The Hall–Kier alpha value is -1.62. The summed E-state index contributed by atoms with van der Waals surface area (Å²) in [4.78, 5) is 11.0. The smallest absolute Gasteiger partial charge is 0.307 e. The van der Waals surface area contributed by atoms with E-state index in [1.807, 2.05) is 6.07 Å². The van der Waals surface area contributed by atoms with E-state index in [1.54, 1.807) is 6.07 Å². The van der Waals surface area contributed by atoms with Crippen molar-refractivity contribution < 1.29 is 19.0 Å². The fourth-order valence-corrected chi connectivity index (χ4v) is 2.60. The molecule has 3 rings (SSSR count). The molecule has 2 aliphatic rings. The van der Waals surface area contributed by atoms with Gasteiger partial charge in [-0.15, -0.1) is 0 Å². The van der Waals surface area contributed by atoms with Crippen LogP contribution in [0.1, 0.15) is 30.9 Å². The van der Waals surface area contributed by atoms with Crippen LogP contribution in [0, 0.1) is 17.7 Å².